The number of esters is 1. The molecule has 1 aromatic carbocycles. The van der Waals surface area contributed by atoms with E-state index in [1.807, 2.05) is 26.0 Å². The van der Waals surface area contributed by atoms with Crippen molar-refractivity contribution in [3.63, 3.8) is 0 Å². The minimum atomic E-state index is -0.450. The Hall–Kier alpha value is -2.30. The summed E-state index contributed by atoms with van der Waals surface area (Å²) in [7, 11) is 0. The van der Waals surface area contributed by atoms with E-state index in [2.05, 4.69) is 5.32 Å². The average Bonchev–Trinajstić information content (AvgIpc) is 2.43. The number of fused-ring (bicyclic) bond motifs is 1. The first-order valence-electron chi connectivity index (χ1n) is 6.87. The lowest BCUT2D eigenvalue weighted by Crippen LogP contribution is -2.31. The molecule has 0 spiro atoms. The highest BCUT2D eigenvalue weighted by Gasteiger charge is 2.22. The fourth-order valence-electron chi connectivity index (χ4n) is 1.99. The summed E-state index contributed by atoms with van der Waals surface area (Å²) in [5, 5.41) is 2.53. The fourth-order valence-corrected chi connectivity index (χ4v) is 1.99. The van der Waals surface area contributed by atoms with Crippen molar-refractivity contribution in [3.8, 4) is 5.75 Å². The van der Waals surface area contributed by atoms with E-state index in [4.69, 9.17) is 9.47 Å². The maximum Gasteiger partial charge on any atom is 0.325 e. The lowest BCUT2D eigenvalue weighted by atomic mass is 10.0. The first-order chi connectivity index (χ1) is 9.91. The Morgan fingerprint density at radius 3 is 2.81 bits per heavy atom. The summed E-state index contributed by atoms with van der Waals surface area (Å²) in [5.74, 6) is -0.0256. The molecule has 1 heterocycles. The Balaban J connectivity index is 2.05. The molecule has 0 unspecified atom stereocenters. The van der Waals surface area contributed by atoms with Gasteiger partial charge >= 0.3 is 5.97 Å². The van der Waals surface area contributed by atoms with Gasteiger partial charge in [0, 0.05) is 11.1 Å². The van der Waals surface area contributed by atoms with Crippen LogP contribution in [0.4, 0.5) is 0 Å². The van der Waals surface area contributed by atoms with Gasteiger partial charge in [-0.2, -0.15) is 0 Å². The van der Waals surface area contributed by atoms with E-state index < -0.39 is 5.97 Å². The van der Waals surface area contributed by atoms with Crippen molar-refractivity contribution in [1.29, 1.82) is 0 Å². The Morgan fingerprint density at radius 2 is 2.10 bits per heavy atom. The van der Waals surface area contributed by atoms with Crippen molar-refractivity contribution in [3.05, 3.63) is 35.4 Å². The molecule has 1 aliphatic rings. The molecule has 0 saturated heterocycles. The summed E-state index contributed by atoms with van der Waals surface area (Å²) in [6.45, 7) is 5.81. The Labute approximate surface area is 123 Å². The Kier molecular flexibility index (Phi) is 4.31. The molecule has 0 fully saturated rings. The number of rotatable bonds is 4. The van der Waals surface area contributed by atoms with Crippen molar-refractivity contribution in [2.75, 3.05) is 13.2 Å². The van der Waals surface area contributed by atoms with Crippen LogP contribution in [0.25, 0.3) is 6.08 Å². The first-order valence-corrected chi connectivity index (χ1v) is 6.87. The zero-order chi connectivity index (χ0) is 15.5. The minimum absolute atomic E-state index is 0.136. The Morgan fingerprint density at radius 1 is 1.33 bits per heavy atom. The standard InChI is InChI=1S/C16H19NO4/c1-4-20-14(18)10-17-15(19)12-5-6-13-11(9-12)7-8-16(2,3)21-13/h5-9H,4,10H2,1-3H3,(H,17,19). The summed E-state index contributed by atoms with van der Waals surface area (Å²) in [5.41, 5.74) is 0.977. The molecule has 1 aliphatic heterocycles. The second-order valence-corrected chi connectivity index (χ2v) is 5.28. The number of ether oxygens (including phenoxy) is 2. The minimum Gasteiger partial charge on any atom is -0.483 e. The molecule has 1 amide bonds. The van der Waals surface area contributed by atoms with Crippen molar-refractivity contribution < 1.29 is 19.1 Å². The fraction of sp³-hybridized carbons (Fsp3) is 0.375. The third-order valence-electron chi connectivity index (χ3n) is 3.01. The van der Waals surface area contributed by atoms with Crippen LogP contribution in [0.1, 0.15) is 36.7 Å². The quantitative estimate of drug-likeness (QED) is 0.863. The van der Waals surface area contributed by atoms with Crippen LogP contribution in [0, 0.1) is 0 Å². The molecule has 5 heteroatoms. The number of benzene rings is 1. The van der Waals surface area contributed by atoms with Crippen LogP contribution in [0.5, 0.6) is 5.75 Å². The van der Waals surface area contributed by atoms with Gasteiger partial charge in [-0.25, -0.2) is 0 Å². The largest absolute Gasteiger partial charge is 0.483 e. The van der Waals surface area contributed by atoms with Gasteiger partial charge in [-0.1, -0.05) is 6.08 Å². The topological polar surface area (TPSA) is 64.6 Å². The van der Waals surface area contributed by atoms with Crippen LogP contribution in [0.3, 0.4) is 0 Å². The molecular formula is C16H19NO4. The van der Waals surface area contributed by atoms with E-state index in [1.54, 1.807) is 25.1 Å². The Bertz CT molecular complexity index is 590. The summed E-state index contributed by atoms with van der Waals surface area (Å²) >= 11 is 0. The van der Waals surface area contributed by atoms with E-state index in [1.165, 1.54) is 0 Å². The van der Waals surface area contributed by atoms with Crippen molar-refractivity contribution in [2.24, 2.45) is 0 Å². The molecule has 0 bridgehead atoms. The molecule has 0 saturated carbocycles. The normalized spacial score (nSPS) is 14.8. The lowest BCUT2D eigenvalue weighted by Gasteiger charge is -2.27. The average molecular weight is 289 g/mol. The van der Waals surface area contributed by atoms with Crippen molar-refractivity contribution in [1.82, 2.24) is 5.32 Å². The van der Waals surface area contributed by atoms with Gasteiger partial charge in [-0.3, -0.25) is 9.59 Å². The molecule has 0 aromatic heterocycles. The van der Waals surface area contributed by atoms with Gasteiger partial charge in [-0.05, 0) is 45.0 Å². The zero-order valence-corrected chi connectivity index (χ0v) is 12.4. The zero-order valence-electron chi connectivity index (χ0n) is 12.4. The van der Waals surface area contributed by atoms with E-state index in [0.29, 0.717) is 12.2 Å². The van der Waals surface area contributed by atoms with E-state index in [0.717, 1.165) is 11.3 Å². The summed E-state index contributed by atoms with van der Waals surface area (Å²) < 4.78 is 10.5. The molecule has 5 nitrogen and oxygen atoms in total. The molecule has 2 rings (SSSR count). The lowest BCUT2D eigenvalue weighted by molar-refractivity contribution is -0.141. The van der Waals surface area contributed by atoms with Gasteiger partial charge in [0.05, 0.1) is 6.61 Å². The van der Waals surface area contributed by atoms with Crippen LogP contribution < -0.4 is 10.1 Å². The number of hydrogen-bond donors (Lipinski definition) is 1. The predicted molar refractivity (Wildman–Crippen MR) is 79.1 cm³/mol. The second kappa shape index (κ2) is 5.99. The summed E-state index contributed by atoms with van der Waals surface area (Å²) in [6.07, 6.45) is 3.87. The highest BCUT2D eigenvalue weighted by molar-refractivity contribution is 5.96. The highest BCUT2D eigenvalue weighted by atomic mass is 16.5. The van der Waals surface area contributed by atoms with Crippen LogP contribution in [-0.4, -0.2) is 30.6 Å². The number of amides is 1. The molecule has 0 aliphatic carbocycles. The van der Waals surface area contributed by atoms with E-state index in [9.17, 15) is 9.59 Å². The monoisotopic (exact) mass is 289 g/mol. The van der Waals surface area contributed by atoms with Gasteiger partial charge in [0.1, 0.15) is 17.9 Å². The molecule has 0 radical (unpaired) electrons. The van der Waals surface area contributed by atoms with Crippen LogP contribution in [-0.2, 0) is 9.53 Å². The smallest absolute Gasteiger partial charge is 0.325 e. The predicted octanol–water partition coefficient (Wildman–Crippen LogP) is 2.16. The third-order valence-corrected chi connectivity index (χ3v) is 3.01. The van der Waals surface area contributed by atoms with Crippen LogP contribution >= 0.6 is 0 Å². The molecule has 21 heavy (non-hydrogen) atoms. The summed E-state index contributed by atoms with van der Waals surface area (Å²) in [6, 6.07) is 5.18. The van der Waals surface area contributed by atoms with Crippen LogP contribution in [0.2, 0.25) is 0 Å². The molecule has 0 atom stereocenters. The van der Waals surface area contributed by atoms with E-state index >= 15 is 0 Å². The van der Waals surface area contributed by atoms with Crippen LogP contribution in [0.15, 0.2) is 24.3 Å². The van der Waals surface area contributed by atoms with E-state index in [-0.39, 0.29) is 18.1 Å². The summed E-state index contributed by atoms with van der Waals surface area (Å²) in [4.78, 5) is 23.2. The second-order valence-electron chi connectivity index (χ2n) is 5.28. The first kappa shape index (κ1) is 15.1. The third kappa shape index (κ3) is 3.84. The number of nitrogens with one attached hydrogen (secondary N) is 1. The maximum absolute atomic E-state index is 12.0. The van der Waals surface area contributed by atoms with Gasteiger partial charge in [0.15, 0.2) is 0 Å². The number of hydrogen-bond acceptors (Lipinski definition) is 4. The highest BCUT2D eigenvalue weighted by Crippen LogP contribution is 2.31. The number of carbonyl (C=O) groups excluding carboxylic acids is 2. The maximum atomic E-state index is 12.0. The number of carbonyl (C=O) groups is 2. The molecular weight excluding hydrogens is 270 g/mol. The van der Waals surface area contributed by atoms with Gasteiger partial charge in [0.25, 0.3) is 5.91 Å². The van der Waals surface area contributed by atoms with Gasteiger partial charge in [-0.15, -0.1) is 0 Å². The van der Waals surface area contributed by atoms with Gasteiger partial charge < -0.3 is 14.8 Å². The molecule has 1 N–H and O–H groups in total. The van der Waals surface area contributed by atoms with Gasteiger partial charge in [0.2, 0.25) is 0 Å². The van der Waals surface area contributed by atoms with Crippen molar-refractivity contribution in [2.45, 2.75) is 26.4 Å². The molecule has 112 valence electrons. The van der Waals surface area contributed by atoms with Crippen molar-refractivity contribution >= 4 is 18.0 Å². The SMILES string of the molecule is CCOC(=O)CNC(=O)c1ccc2c(c1)C=CC(C)(C)O2. The molecule has 1 aromatic rings.